The minimum atomic E-state index is -1.07. The summed E-state index contributed by atoms with van der Waals surface area (Å²) in [6.45, 7) is 3.06. The third-order valence-corrected chi connectivity index (χ3v) is 1.40. The van der Waals surface area contributed by atoms with Crippen molar-refractivity contribution in [1.29, 1.82) is 0 Å². The Morgan fingerprint density at radius 2 is 1.35 bits per heavy atom. The first kappa shape index (κ1) is 25.5. The molecule has 1 atom stereocenters. The number of rotatable bonds is 2. The molecule has 0 rings (SSSR count). The van der Waals surface area contributed by atoms with Crippen molar-refractivity contribution in [3.63, 3.8) is 0 Å². The normalized spacial score (nSPS) is 9.88. The highest BCUT2D eigenvalue weighted by Crippen LogP contribution is 1.84. The van der Waals surface area contributed by atoms with Crippen LogP contribution in [0.15, 0.2) is 10.2 Å². The molecular weight excluding hydrogens is 264 g/mol. The van der Waals surface area contributed by atoms with Gasteiger partial charge in [-0.3, -0.25) is 4.18 Å². The molecule has 0 radical (unpaired) electrons. The van der Waals surface area contributed by atoms with Crippen molar-refractivity contribution in [3.05, 3.63) is 0 Å². The maximum absolute atomic E-state index is 9.70. The van der Waals surface area contributed by atoms with Gasteiger partial charge in [0.05, 0.1) is 14.2 Å². The highest BCUT2D eigenvalue weighted by Gasteiger charge is 1.72. The number of carbonyl (C=O) groups is 1. The summed E-state index contributed by atoms with van der Waals surface area (Å²) in [5, 5.41) is 6.72. The van der Waals surface area contributed by atoms with E-state index in [9.17, 15) is 9.00 Å². The largest absolute Gasteiger partial charge is 0.319 e. The lowest BCUT2D eigenvalue weighted by Gasteiger charge is -1.78. The molecule has 0 aromatic rings. The number of ketones is 1. The van der Waals surface area contributed by atoms with Gasteiger partial charge in [-0.15, -0.1) is 0 Å². The van der Waals surface area contributed by atoms with Crippen LogP contribution < -0.4 is 0 Å². The Morgan fingerprint density at radius 1 is 1.18 bits per heavy atom. The van der Waals surface area contributed by atoms with Crippen molar-refractivity contribution in [2.75, 3.05) is 40.8 Å². The number of nitrogens with zero attached hydrogens (tertiary/aromatic N) is 2. The Balaban J connectivity index is -0.0000000667. The van der Waals surface area contributed by atoms with E-state index < -0.39 is 11.1 Å². The van der Waals surface area contributed by atoms with E-state index in [4.69, 9.17) is 0 Å². The van der Waals surface area contributed by atoms with Crippen molar-refractivity contribution >= 4 is 28.9 Å². The molecule has 0 N–H and O–H groups in total. The van der Waals surface area contributed by atoms with E-state index in [1.807, 2.05) is 6.26 Å². The summed E-state index contributed by atoms with van der Waals surface area (Å²) in [7, 11) is 6.32. The van der Waals surface area contributed by atoms with Crippen molar-refractivity contribution in [2.45, 2.75) is 13.8 Å². The molecule has 0 saturated carbocycles. The zero-order chi connectivity index (χ0) is 14.7. The number of Topliss-reactive ketones (excluding diaryl/α,β-unsaturated/α-hetero) is 1. The highest BCUT2D eigenvalue weighted by molar-refractivity contribution is 7.93. The van der Waals surface area contributed by atoms with E-state index in [1.165, 1.54) is 39.3 Å². The van der Waals surface area contributed by atoms with E-state index in [-0.39, 0.29) is 5.78 Å². The Kier molecular flexibility index (Phi) is 44.5. The van der Waals surface area contributed by atoms with Crippen LogP contribution in [0.4, 0.5) is 0 Å². The monoisotopic (exact) mass is 288 g/mol. The number of hydrogen-bond acceptors (Lipinski definition) is 7. The molecule has 0 saturated heterocycles. The summed E-state index contributed by atoms with van der Waals surface area (Å²) in [6, 6.07) is 0. The second-order valence-electron chi connectivity index (χ2n) is 2.21. The second-order valence-corrected chi connectivity index (χ2v) is 4.01. The van der Waals surface area contributed by atoms with Crippen LogP contribution in [0.25, 0.3) is 0 Å². The molecule has 0 heterocycles. The summed E-state index contributed by atoms with van der Waals surface area (Å²) in [4.78, 5) is 9.44. The van der Waals surface area contributed by atoms with Gasteiger partial charge in [0, 0.05) is 26.6 Å². The molecule has 0 aliphatic carbocycles. The molecular formula is C9H24N2O4S2. The first-order chi connectivity index (χ1) is 7.83. The zero-order valence-corrected chi connectivity index (χ0v) is 13.5. The summed E-state index contributed by atoms with van der Waals surface area (Å²) in [6.07, 6.45) is 3.35. The maximum atomic E-state index is 9.70. The van der Waals surface area contributed by atoms with Gasteiger partial charge in [-0.1, -0.05) is 0 Å². The Hall–Kier alpha value is -0.310. The molecule has 0 aliphatic heterocycles. The van der Waals surface area contributed by atoms with E-state index in [2.05, 4.69) is 18.6 Å². The standard InChI is InChI=1S/C3H6O.C2H6N2.C2H6O2S.C2H6OS/c1-3(2)4;1-3-4-2;1-4-5(2)3;1-3-4-2/h2*1-2H3;1-2H3;1-2H3. The van der Waals surface area contributed by atoms with Gasteiger partial charge in [-0.2, -0.15) is 10.2 Å². The molecule has 0 fully saturated rings. The molecule has 0 aromatic carbocycles. The molecule has 0 aromatic heterocycles. The molecule has 0 amide bonds. The zero-order valence-electron chi connectivity index (χ0n) is 11.8. The van der Waals surface area contributed by atoms with Crippen LogP contribution >= 0.6 is 12.0 Å². The van der Waals surface area contributed by atoms with Crippen LogP contribution in [0.5, 0.6) is 0 Å². The number of hydrogen-bond donors (Lipinski definition) is 0. The van der Waals surface area contributed by atoms with Crippen LogP contribution in [-0.2, 0) is 24.2 Å². The van der Waals surface area contributed by atoms with Crippen LogP contribution in [0, 0.1) is 0 Å². The molecule has 1 unspecified atom stereocenters. The van der Waals surface area contributed by atoms with Gasteiger partial charge in [-0.25, -0.2) is 4.21 Å². The van der Waals surface area contributed by atoms with E-state index in [1.54, 1.807) is 21.2 Å². The fourth-order valence-corrected chi connectivity index (χ4v) is 0. The van der Waals surface area contributed by atoms with E-state index in [0.29, 0.717) is 0 Å². The second kappa shape index (κ2) is 29.6. The molecule has 0 bridgehead atoms. The lowest BCUT2D eigenvalue weighted by atomic mass is 10.6. The van der Waals surface area contributed by atoms with E-state index in [0.717, 1.165) is 0 Å². The quantitative estimate of drug-likeness (QED) is 0.574. The molecule has 0 aliphatic rings. The van der Waals surface area contributed by atoms with Gasteiger partial charge in [0.2, 0.25) is 0 Å². The maximum Gasteiger partial charge on any atom is 0.151 e. The minimum Gasteiger partial charge on any atom is -0.319 e. The first-order valence-corrected chi connectivity index (χ1v) is 7.06. The lowest BCUT2D eigenvalue weighted by molar-refractivity contribution is -0.114. The van der Waals surface area contributed by atoms with Crippen LogP contribution in [0.1, 0.15) is 13.8 Å². The van der Waals surface area contributed by atoms with Gasteiger partial charge in [0.15, 0.2) is 11.1 Å². The summed E-state index contributed by atoms with van der Waals surface area (Å²) in [5.74, 6) is 0.167. The third-order valence-electron chi connectivity index (χ3n) is 0.601. The topological polar surface area (TPSA) is 77.3 Å². The van der Waals surface area contributed by atoms with Crippen LogP contribution in [-0.4, -0.2) is 50.8 Å². The predicted molar refractivity (Wildman–Crippen MR) is 74.7 cm³/mol. The van der Waals surface area contributed by atoms with Crippen molar-refractivity contribution < 1.29 is 17.4 Å². The summed E-state index contributed by atoms with van der Waals surface area (Å²) < 4.78 is 18.4. The van der Waals surface area contributed by atoms with Crippen molar-refractivity contribution in [3.8, 4) is 0 Å². The number of azo groups is 1. The molecule has 0 spiro atoms. The minimum absolute atomic E-state index is 0.167. The van der Waals surface area contributed by atoms with Gasteiger partial charge < -0.3 is 8.98 Å². The fraction of sp³-hybridized carbons (Fsp3) is 0.889. The lowest BCUT2D eigenvalue weighted by Crippen LogP contribution is -1.83. The average Bonchev–Trinajstić information content (AvgIpc) is 2.29. The third kappa shape index (κ3) is 216. The fourth-order valence-electron chi connectivity index (χ4n) is 0. The summed E-state index contributed by atoms with van der Waals surface area (Å²) >= 11 is 0.284. The Labute approximate surface area is 111 Å². The van der Waals surface area contributed by atoms with Crippen LogP contribution in [0.3, 0.4) is 0 Å². The van der Waals surface area contributed by atoms with Crippen molar-refractivity contribution in [1.82, 2.24) is 0 Å². The Morgan fingerprint density at radius 3 is 1.35 bits per heavy atom. The SMILES string of the molecule is CC(C)=O.CN=NC.COS(C)=O.COSC. The van der Waals surface area contributed by atoms with Gasteiger partial charge >= 0.3 is 0 Å². The van der Waals surface area contributed by atoms with Crippen molar-refractivity contribution in [2.24, 2.45) is 10.2 Å². The number of carbonyl (C=O) groups excluding carboxylic acids is 1. The summed E-state index contributed by atoms with van der Waals surface area (Å²) in [5.41, 5.74) is 0. The van der Waals surface area contributed by atoms with Gasteiger partial charge in [0.25, 0.3) is 0 Å². The Bertz CT molecular complexity index is 180. The molecule has 106 valence electrons. The van der Waals surface area contributed by atoms with Crippen LogP contribution in [0.2, 0.25) is 0 Å². The predicted octanol–water partition coefficient (Wildman–Crippen LogP) is 2.13. The first-order valence-electron chi connectivity index (χ1n) is 4.43. The molecule has 6 nitrogen and oxygen atoms in total. The van der Waals surface area contributed by atoms with E-state index >= 15 is 0 Å². The molecule has 8 heteroatoms. The highest BCUT2D eigenvalue weighted by atomic mass is 32.2. The van der Waals surface area contributed by atoms with Gasteiger partial charge in [-0.05, 0) is 25.9 Å². The average molecular weight is 288 g/mol. The molecule has 17 heavy (non-hydrogen) atoms. The smallest absolute Gasteiger partial charge is 0.151 e. The van der Waals surface area contributed by atoms with Gasteiger partial charge in [0.1, 0.15) is 5.78 Å².